The zero-order valence-corrected chi connectivity index (χ0v) is 18.5. The number of carboxylic acid groups (broad SMARTS) is 7. The first-order valence-corrected chi connectivity index (χ1v) is 7.58. The van der Waals surface area contributed by atoms with Gasteiger partial charge in [0.1, 0.15) is 0 Å². The van der Waals surface area contributed by atoms with Crippen molar-refractivity contribution in [2.24, 2.45) is 0 Å². The quantitative estimate of drug-likeness (QED) is 0.115. The Bertz CT molecular complexity index is 683. The fourth-order valence-corrected chi connectivity index (χ4v) is 1.23. The summed E-state index contributed by atoms with van der Waals surface area (Å²) in [5.74, 6) is -12.0. The topological polar surface area (TPSA) is 348 Å². The van der Waals surface area contributed by atoms with Crippen molar-refractivity contribution in [3.63, 3.8) is 0 Å². The number of hydrogen-bond donors (Lipinski definition) is 9. The minimum Gasteiger partial charge on any atom is -0.550 e. The van der Waals surface area contributed by atoms with Crippen molar-refractivity contribution < 1.29 is 89.7 Å². The first-order chi connectivity index (χ1) is 14.3. The molecule has 0 fully saturated rings. The van der Waals surface area contributed by atoms with Crippen LogP contribution in [0, 0.1) is 0 Å². The second-order valence-electron chi connectivity index (χ2n) is 5.45. The number of rotatable bonds is 11. The summed E-state index contributed by atoms with van der Waals surface area (Å²) < 4.78 is 0. The summed E-state index contributed by atoms with van der Waals surface area (Å²) in [5.41, 5.74) is -2.74. The second-order valence-corrected chi connectivity index (χ2v) is 5.45. The van der Waals surface area contributed by atoms with E-state index in [4.69, 9.17) is 46.0 Å². The molecule has 0 aliphatic heterocycles. The molecule has 9 N–H and O–H groups in total. The third-order valence-electron chi connectivity index (χ3n) is 2.72. The van der Waals surface area contributed by atoms with Crippen LogP contribution in [0.4, 0.5) is 0 Å². The standard InChI is InChI=1S/C6H8O7.C4H6O6.C4H6O5.Ca/c7-3(8)1-6(13,5(11)12)2-4(9)10;5-1(3(7)8)2(6)4(9)10;5-2(4(8)9)1-3(6)7;/h13H,1-2H2,(H,7,8)(H,9,10)(H,11,12);1-2,5-6H,(H,7,8)(H,9,10);2,5H,1H2,(H,6,7)(H,8,9);/q;;;+2/p-2. The molecule has 0 saturated carbocycles. The number of aliphatic hydroxyl groups excluding tert-OH is 3. The molecule has 18 nitrogen and oxygen atoms in total. The second kappa shape index (κ2) is 17.9. The average molecular weight is 514 g/mol. The number of carboxylic acids is 7. The number of hydrogen-bond acceptors (Lipinski definition) is 13. The van der Waals surface area contributed by atoms with Gasteiger partial charge in [-0.1, -0.05) is 0 Å². The van der Waals surface area contributed by atoms with Gasteiger partial charge in [0, 0.05) is 12.4 Å². The van der Waals surface area contributed by atoms with Gasteiger partial charge in [0.25, 0.3) is 0 Å². The summed E-state index contributed by atoms with van der Waals surface area (Å²) >= 11 is 0. The van der Waals surface area contributed by atoms with Gasteiger partial charge in [0.2, 0.25) is 0 Å². The summed E-state index contributed by atoms with van der Waals surface area (Å²) in [6.07, 6.45) is -9.71. The molecule has 0 saturated heterocycles. The van der Waals surface area contributed by atoms with Crippen LogP contribution in [0.3, 0.4) is 0 Å². The summed E-state index contributed by atoms with van der Waals surface area (Å²) in [6.45, 7) is 0. The molecule has 0 heterocycles. The van der Waals surface area contributed by atoms with Gasteiger partial charge in [0.05, 0.1) is 24.9 Å². The van der Waals surface area contributed by atoms with Crippen molar-refractivity contribution in [3.8, 4) is 0 Å². The number of aliphatic carboxylic acids is 7. The molecular weight excluding hydrogens is 496 g/mol. The van der Waals surface area contributed by atoms with E-state index in [1.54, 1.807) is 0 Å². The van der Waals surface area contributed by atoms with Crippen LogP contribution in [0.15, 0.2) is 0 Å². The largest absolute Gasteiger partial charge is 2.00 e. The predicted molar refractivity (Wildman–Crippen MR) is 90.8 cm³/mol. The molecule has 0 rings (SSSR count). The summed E-state index contributed by atoms with van der Waals surface area (Å²) in [7, 11) is 0. The van der Waals surface area contributed by atoms with Crippen LogP contribution in [-0.2, 0) is 33.6 Å². The van der Waals surface area contributed by atoms with Gasteiger partial charge in [-0.05, 0) is 0 Å². The van der Waals surface area contributed by atoms with E-state index in [9.17, 15) is 43.8 Å². The van der Waals surface area contributed by atoms with Gasteiger partial charge in [-0.25, -0.2) is 14.4 Å². The monoisotopic (exact) mass is 514 g/mol. The average Bonchev–Trinajstić information content (AvgIpc) is 2.59. The molecular formula is C14H18CaO18. The molecule has 0 aromatic heterocycles. The van der Waals surface area contributed by atoms with E-state index in [2.05, 4.69) is 0 Å². The maximum atomic E-state index is 10.3. The fraction of sp³-hybridized carbons (Fsp3) is 0.500. The van der Waals surface area contributed by atoms with Crippen LogP contribution < -0.4 is 10.2 Å². The first kappa shape index (κ1) is 37.7. The fourth-order valence-electron chi connectivity index (χ4n) is 1.23. The van der Waals surface area contributed by atoms with Crippen molar-refractivity contribution in [2.75, 3.05) is 0 Å². The molecule has 0 amide bonds. The molecule has 0 aliphatic rings. The van der Waals surface area contributed by atoms with Crippen LogP contribution in [0.1, 0.15) is 19.3 Å². The molecule has 0 spiro atoms. The SMILES string of the molecule is O=C(O)C(O)C(O)C(=O)O.O=C(O)CC(O)(CC(=O)O)C(=O)O.O=C([O-])CC(O)C(=O)[O-].[Ca+2]. The first-order valence-electron chi connectivity index (χ1n) is 7.58. The zero-order valence-electron chi connectivity index (χ0n) is 16.3. The van der Waals surface area contributed by atoms with Crippen molar-refractivity contribution in [1.29, 1.82) is 0 Å². The molecule has 0 aromatic carbocycles. The Labute approximate surface area is 211 Å². The van der Waals surface area contributed by atoms with Crippen LogP contribution in [0.5, 0.6) is 0 Å². The van der Waals surface area contributed by atoms with Gasteiger partial charge in [-0.15, -0.1) is 0 Å². The number of carbonyl (C=O) groups excluding carboxylic acids is 2. The van der Waals surface area contributed by atoms with Gasteiger partial charge < -0.3 is 65.8 Å². The number of aliphatic hydroxyl groups is 4. The van der Waals surface area contributed by atoms with E-state index >= 15 is 0 Å². The van der Waals surface area contributed by atoms with E-state index in [1.165, 1.54) is 0 Å². The van der Waals surface area contributed by atoms with Crippen molar-refractivity contribution in [3.05, 3.63) is 0 Å². The Morgan fingerprint density at radius 1 is 0.697 bits per heavy atom. The van der Waals surface area contributed by atoms with E-state index < -0.39 is 85.0 Å². The zero-order chi connectivity index (χ0) is 26.4. The van der Waals surface area contributed by atoms with E-state index in [0.717, 1.165) is 0 Å². The molecule has 0 radical (unpaired) electrons. The molecule has 33 heavy (non-hydrogen) atoms. The Hall–Kier alpha value is -2.61. The smallest absolute Gasteiger partial charge is 0.550 e. The summed E-state index contributed by atoms with van der Waals surface area (Å²) in [4.78, 5) is 69.2. The minimum atomic E-state index is -2.74. The van der Waals surface area contributed by atoms with Gasteiger partial charge in [-0.2, -0.15) is 0 Å². The Morgan fingerprint density at radius 2 is 1.00 bits per heavy atom. The molecule has 0 aromatic rings. The normalized spacial score (nSPS) is 12.5. The van der Waals surface area contributed by atoms with Crippen molar-refractivity contribution >= 4 is 79.5 Å². The summed E-state index contributed by atoms with van der Waals surface area (Å²) in [6, 6.07) is 0. The molecule has 0 bridgehead atoms. The maximum absolute atomic E-state index is 10.3. The van der Waals surface area contributed by atoms with Crippen LogP contribution >= 0.6 is 0 Å². The van der Waals surface area contributed by atoms with Crippen molar-refractivity contribution in [2.45, 2.75) is 43.2 Å². The molecule has 19 heteroatoms. The van der Waals surface area contributed by atoms with Crippen LogP contribution in [0.25, 0.3) is 0 Å². The predicted octanol–water partition coefficient (Wildman–Crippen LogP) is -7.51. The third-order valence-corrected chi connectivity index (χ3v) is 2.72. The summed E-state index contributed by atoms with van der Waals surface area (Å²) in [5, 5.41) is 93.7. The van der Waals surface area contributed by atoms with Crippen LogP contribution in [-0.4, -0.2) is 149 Å². The van der Waals surface area contributed by atoms with Crippen molar-refractivity contribution in [1.82, 2.24) is 0 Å². The molecule has 3 unspecified atom stereocenters. The Balaban J connectivity index is -0.000000192. The minimum absolute atomic E-state index is 0. The third kappa shape index (κ3) is 19.8. The molecule has 3 atom stereocenters. The molecule has 0 aliphatic carbocycles. The van der Waals surface area contributed by atoms with E-state index in [-0.39, 0.29) is 37.7 Å². The van der Waals surface area contributed by atoms with E-state index in [0.29, 0.717) is 0 Å². The number of carbonyl (C=O) groups is 7. The van der Waals surface area contributed by atoms with Gasteiger partial charge >= 0.3 is 67.6 Å². The Kier molecular flexibility index (Phi) is 20.4. The van der Waals surface area contributed by atoms with Crippen LogP contribution in [0.2, 0.25) is 0 Å². The Morgan fingerprint density at radius 3 is 1.12 bits per heavy atom. The van der Waals surface area contributed by atoms with Gasteiger partial charge in [-0.3, -0.25) is 9.59 Å². The van der Waals surface area contributed by atoms with Gasteiger partial charge in [0.15, 0.2) is 17.8 Å². The maximum Gasteiger partial charge on any atom is 2.00 e. The molecule has 184 valence electrons. The van der Waals surface area contributed by atoms with E-state index in [1.807, 2.05) is 0 Å².